The topological polar surface area (TPSA) is 111 Å². The first-order valence-electron chi connectivity index (χ1n) is 12.0. The second-order valence-corrected chi connectivity index (χ2v) is 11.0. The van der Waals surface area contributed by atoms with Crippen molar-refractivity contribution in [2.75, 3.05) is 0 Å². The highest BCUT2D eigenvalue weighted by Crippen LogP contribution is 2.36. The molecule has 0 radical (unpaired) electrons. The normalized spacial score (nSPS) is 16.3. The maximum atomic E-state index is 13.0. The van der Waals surface area contributed by atoms with E-state index in [4.69, 9.17) is 21.6 Å². The van der Waals surface area contributed by atoms with Gasteiger partial charge in [-0.1, -0.05) is 23.7 Å². The molecule has 0 bridgehead atoms. The Bertz CT molecular complexity index is 1420. The summed E-state index contributed by atoms with van der Waals surface area (Å²) in [6.07, 6.45) is 3.16. The number of carbonyl (C=O) groups excluding carboxylic acids is 1. The lowest BCUT2D eigenvalue weighted by Gasteiger charge is -2.46. The van der Waals surface area contributed by atoms with Crippen LogP contribution in [0.1, 0.15) is 62.2 Å². The number of pyridine rings is 1. The molecule has 1 fully saturated rings. The molecule has 7 nitrogen and oxygen atoms in total. The van der Waals surface area contributed by atoms with Crippen molar-refractivity contribution < 1.29 is 9.53 Å². The minimum absolute atomic E-state index is 0.0316. The van der Waals surface area contributed by atoms with Gasteiger partial charge in [-0.2, -0.15) is 10.5 Å². The molecule has 0 unspecified atom stereocenters. The fraction of sp³-hybridized carbons (Fsp3) is 0.310. The molecule has 1 amide bonds. The van der Waals surface area contributed by atoms with E-state index in [0.29, 0.717) is 33.8 Å². The van der Waals surface area contributed by atoms with Crippen molar-refractivity contribution in [1.29, 1.82) is 10.5 Å². The van der Waals surface area contributed by atoms with E-state index >= 15 is 0 Å². The molecule has 0 spiro atoms. The third-order valence-electron chi connectivity index (χ3n) is 6.26. The van der Waals surface area contributed by atoms with Crippen LogP contribution in [-0.4, -0.2) is 28.0 Å². The molecular formula is C29H28ClN5O2. The van der Waals surface area contributed by atoms with Gasteiger partial charge >= 0.3 is 0 Å². The number of piperidine rings is 1. The molecule has 1 aromatic heterocycles. The second-order valence-electron chi connectivity index (χ2n) is 10.6. The van der Waals surface area contributed by atoms with Gasteiger partial charge in [0.05, 0.1) is 5.02 Å². The number of halogens is 1. The number of ether oxygens (including phenoxy) is 1. The highest BCUT2D eigenvalue weighted by molar-refractivity contribution is 6.32. The number of nitrogens with one attached hydrogen (secondary N) is 2. The fourth-order valence-electron chi connectivity index (χ4n) is 5.17. The summed E-state index contributed by atoms with van der Waals surface area (Å²) in [5.41, 5.74) is 2.09. The summed E-state index contributed by atoms with van der Waals surface area (Å²) in [5.74, 6) is 0.440. The number of benzene rings is 2. The van der Waals surface area contributed by atoms with Gasteiger partial charge in [-0.15, -0.1) is 0 Å². The van der Waals surface area contributed by atoms with E-state index < -0.39 is 0 Å². The Balaban J connectivity index is 1.54. The average molecular weight is 514 g/mol. The van der Waals surface area contributed by atoms with E-state index in [9.17, 15) is 10.1 Å². The predicted octanol–water partition coefficient (Wildman–Crippen LogP) is 5.98. The fourth-order valence-corrected chi connectivity index (χ4v) is 5.39. The quantitative estimate of drug-likeness (QED) is 0.434. The van der Waals surface area contributed by atoms with E-state index in [2.05, 4.69) is 49.4 Å². The van der Waals surface area contributed by atoms with E-state index in [-0.39, 0.29) is 33.7 Å². The molecule has 8 heteroatoms. The number of nitriles is 2. The third kappa shape index (κ3) is 6.09. The van der Waals surface area contributed by atoms with Crippen molar-refractivity contribution in [2.24, 2.45) is 0 Å². The van der Waals surface area contributed by atoms with Gasteiger partial charge in [-0.3, -0.25) is 4.79 Å². The molecule has 0 atom stereocenters. The maximum absolute atomic E-state index is 13.0. The Labute approximate surface area is 222 Å². The van der Waals surface area contributed by atoms with Crippen molar-refractivity contribution in [2.45, 2.75) is 57.7 Å². The van der Waals surface area contributed by atoms with E-state index in [0.717, 1.165) is 12.8 Å². The molecule has 4 rings (SSSR count). The number of nitrogens with zero attached hydrogens (tertiary/aromatic N) is 3. The van der Waals surface area contributed by atoms with Crippen molar-refractivity contribution in [3.63, 3.8) is 0 Å². The van der Waals surface area contributed by atoms with E-state index in [1.54, 1.807) is 48.5 Å². The van der Waals surface area contributed by atoms with Crippen LogP contribution < -0.4 is 15.4 Å². The smallest absolute Gasteiger partial charge is 0.251 e. The SMILES string of the molecule is CC1(C)CC(NC(=O)c2ccc(Oc3cccc(-c4ccnc(C#N)c4)c3C#N)c(Cl)c2)CC(C)(C)N1. The highest BCUT2D eigenvalue weighted by atomic mass is 35.5. The molecule has 2 heterocycles. The highest BCUT2D eigenvalue weighted by Gasteiger charge is 2.38. The lowest BCUT2D eigenvalue weighted by atomic mass is 9.79. The van der Waals surface area contributed by atoms with Crippen LogP contribution in [0.3, 0.4) is 0 Å². The van der Waals surface area contributed by atoms with Crippen molar-refractivity contribution >= 4 is 17.5 Å². The first kappa shape index (κ1) is 26.2. The monoisotopic (exact) mass is 513 g/mol. The Morgan fingerprint density at radius 1 is 1.05 bits per heavy atom. The molecule has 37 heavy (non-hydrogen) atoms. The van der Waals surface area contributed by atoms with Gasteiger partial charge in [-0.05, 0) is 82.5 Å². The molecule has 0 aliphatic carbocycles. The standard InChI is InChI=1S/C29H28ClN5O2/c1-28(2)14-21(15-29(3,4)35-28)34-27(36)19-8-9-26(24(30)13-19)37-25-7-5-6-22(23(25)17-32)18-10-11-33-20(12-18)16-31/h5-13,21,35H,14-15H2,1-4H3,(H,34,36). The summed E-state index contributed by atoms with van der Waals surface area (Å²) in [6, 6.07) is 17.6. The summed E-state index contributed by atoms with van der Waals surface area (Å²) in [7, 11) is 0. The minimum Gasteiger partial charge on any atom is -0.454 e. The summed E-state index contributed by atoms with van der Waals surface area (Å²) in [4.78, 5) is 17.0. The zero-order chi connectivity index (χ0) is 26.8. The van der Waals surface area contributed by atoms with Crippen LogP contribution in [0.5, 0.6) is 11.5 Å². The van der Waals surface area contributed by atoms with Gasteiger partial charge in [-0.25, -0.2) is 4.98 Å². The lowest BCUT2D eigenvalue weighted by Crippen LogP contribution is -2.62. The third-order valence-corrected chi connectivity index (χ3v) is 6.56. The lowest BCUT2D eigenvalue weighted by molar-refractivity contribution is 0.0873. The predicted molar refractivity (Wildman–Crippen MR) is 142 cm³/mol. The molecule has 188 valence electrons. The summed E-state index contributed by atoms with van der Waals surface area (Å²) in [5, 5.41) is 26.1. The summed E-state index contributed by atoms with van der Waals surface area (Å²) < 4.78 is 6.01. The molecule has 2 aromatic carbocycles. The Kier molecular flexibility index (Phi) is 7.23. The number of amides is 1. The number of aromatic nitrogens is 1. The van der Waals surface area contributed by atoms with Gasteiger partial charge in [0, 0.05) is 34.4 Å². The van der Waals surface area contributed by atoms with Crippen LogP contribution in [0.25, 0.3) is 11.1 Å². The van der Waals surface area contributed by atoms with Gasteiger partial charge in [0.25, 0.3) is 5.91 Å². The molecular weight excluding hydrogens is 486 g/mol. The number of hydrogen-bond acceptors (Lipinski definition) is 6. The number of hydrogen-bond donors (Lipinski definition) is 2. The Hall–Kier alpha value is -3.91. The Morgan fingerprint density at radius 3 is 2.43 bits per heavy atom. The van der Waals surface area contributed by atoms with Crippen LogP contribution in [0.15, 0.2) is 54.7 Å². The first-order valence-corrected chi connectivity index (χ1v) is 12.4. The largest absolute Gasteiger partial charge is 0.454 e. The van der Waals surface area contributed by atoms with Crippen molar-refractivity contribution in [3.8, 4) is 34.8 Å². The second kappa shape index (κ2) is 10.2. The van der Waals surface area contributed by atoms with Crippen molar-refractivity contribution in [1.82, 2.24) is 15.6 Å². The minimum atomic E-state index is -0.197. The number of carbonyl (C=O) groups is 1. The molecule has 1 aliphatic rings. The van der Waals surface area contributed by atoms with Gasteiger partial charge in [0.2, 0.25) is 0 Å². The molecule has 1 aliphatic heterocycles. The van der Waals surface area contributed by atoms with Gasteiger partial charge in [0.15, 0.2) is 0 Å². The van der Waals surface area contributed by atoms with Crippen LogP contribution in [0.2, 0.25) is 5.02 Å². The van der Waals surface area contributed by atoms with Gasteiger partial charge in [0.1, 0.15) is 34.9 Å². The molecule has 2 N–H and O–H groups in total. The molecule has 0 saturated carbocycles. The van der Waals surface area contributed by atoms with Crippen LogP contribution in [0, 0.1) is 22.7 Å². The Morgan fingerprint density at radius 2 is 1.78 bits per heavy atom. The molecule has 1 saturated heterocycles. The van der Waals surface area contributed by atoms with E-state index in [1.165, 1.54) is 6.20 Å². The van der Waals surface area contributed by atoms with Crippen LogP contribution in [0.4, 0.5) is 0 Å². The average Bonchev–Trinajstić information content (AvgIpc) is 2.83. The summed E-state index contributed by atoms with van der Waals surface area (Å²) >= 11 is 6.51. The van der Waals surface area contributed by atoms with Crippen LogP contribution in [-0.2, 0) is 0 Å². The van der Waals surface area contributed by atoms with Crippen LogP contribution >= 0.6 is 11.6 Å². The first-order chi connectivity index (χ1) is 17.5. The zero-order valence-electron chi connectivity index (χ0n) is 21.2. The zero-order valence-corrected chi connectivity index (χ0v) is 22.0. The maximum Gasteiger partial charge on any atom is 0.251 e. The molecule has 3 aromatic rings. The number of rotatable bonds is 5. The van der Waals surface area contributed by atoms with Gasteiger partial charge < -0.3 is 15.4 Å². The van der Waals surface area contributed by atoms with Crippen molar-refractivity contribution in [3.05, 3.63) is 76.6 Å². The summed E-state index contributed by atoms with van der Waals surface area (Å²) in [6.45, 7) is 8.55. The van der Waals surface area contributed by atoms with E-state index in [1.807, 2.05) is 6.07 Å².